The average Bonchev–Trinajstić information content (AvgIpc) is 2.95. The molecule has 2 aliphatic carbocycles. The Labute approximate surface area is 113 Å². The monoisotopic (exact) mass is 244 g/mol. The van der Waals surface area contributed by atoms with Crippen LogP contribution in [0.2, 0.25) is 0 Å². The molecule has 2 bridgehead atoms. The van der Waals surface area contributed by atoms with E-state index >= 15 is 0 Å². The summed E-state index contributed by atoms with van der Waals surface area (Å²) in [7, 11) is 0. The molecule has 0 saturated heterocycles. The highest BCUT2D eigenvalue weighted by Gasteiger charge is 2.35. The van der Waals surface area contributed by atoms with E-state index in [2.05, 4.69) is 45.9 Å². The van der Waals surface area contributed by atoms with Crippen LogP contribution in [0.4, 0.5) is 0 Å². The molecule has 0 heterocycles. The Hall–Kier alpha value is -0.780. The zero-order valence-corrected chi connectivity index (χ0v) is 12.5. The number of hydrogen-bond donors (Lipinski definition) is 0. The van der Waals surface area contributed by atoms with Crippen LogP contribution in [0.3, 0.4) is 0 Å². The Balaban J connectivity index is 1.84. The highest BCUT2D eigenvalue weighted by molar-refractivity contribution is 5.15. The van der Waals surface area contributed by atoms with E-state index in [1.807, 2.05) is 0 Å². The predicted molar refractivity (Wildman–Crippen MR) is 80.5 cm³/mol. The molecule has 3 atom stereocenters. The van der Waals surface area contributed by atoms with Gasteiger partial charge in [0, 0.05) is 0 Å². The van der Waals surface area contributed by atoms with Crippen LogP contribution in [0.15, 0.2) is 34.9 Å². The van der Waals surface area contributed by atoms with Crippen LogP contribution in [0.25, 0.3) is 0 Å². The molecule has 0 aromatic carbocycles. The minimum atomic E-state index is 0.898. The summed E-state index contributed by atoms with van der Waals surface area (Å²) in [6.45, 7) is 8.95. The van der Waals surface area contributed by atoms with E-state index < -0.39 is 0 Å². The van der Waals surface area contributed by atoms with Crippen molar-refractivity contribution in [2.24, 2.45) is 17.8 Å². The molecule has 2 aliphatic rings. The first-order valence-corrected chi connectivity index (χ1v) is 7.55. The van der Waals surface area contributed by atoms with E-state index in [1.54, 1.807) is 11.1 Å². The molecule has 18 heavy (non-hydrogen) atoms. The van der Waals surface area contributed by atoms with Crippen molar-refractivity contribution in [2.75, 3.05) is 0 Å². The third kappa shape index (κ3) is 3.16. The fourth-order valence-electron chi connectivity index (χ4n) is 3.43. The lowest BCUT2D eigenvalue weighted by atomic mass is 9.86. The highest BCUT2D eigenvalue weighted by Crippen LogP contribution is 2.46. The second kappa shape index (κ2) is 5.91. The molecule has 0 nitrogen and oxygen atoms in total. The fraction of sp³-hybridized carbons (Fsp3) is 0.667. The van der Waals surface area contributed by atoms with E-state index in [-0.39, 0.29) is 0 Å². The van der Waals surface area contributed by atoms with E-state index in [0.717, 1.165) is 17.8 Å². The molecule has 0 N–H and O–H groups in total. The number of hydrogen-bond acceptors (Lipinski definition) is 0. The van der Waals surface area contributed by atoms with Gasteiger partial charge in [0.2, 0.25) is 0 Å². The van der Waals surface area contributed by atoms with Gasteiger partial charge in [-0.3, -0.25) is 0 Å². The molecular formula is C18H28. The third-order valence-electron chi connectivity index (χ3n) is 5.02. The predicted octanol–water partition coefficient (Wildman–Crippen LogP) is 5.67. The molecule has 3 unspecified atom stereocenters. The molecule has 0 radical (unpaired) electrons. The Kier molecular flexibility index (Phi) is 4.48. The lowest BCUT2D eigenvalue weighted by Crippen LogP contribution is -2.08. The smallest absolute Gasteiger partial charge is 0.0196 e. The summed E-state index contributed by atoms with van der Waals surface area (Å²) >= 11 is 0. The molecule has 100 valence electrons. The van der Waals surface area contributed by atoms with E-state index in [0.29, 0.717) is 0 Å². The van der Waals surface area contributed by atoms with Crippen molar-refractivity contribution in [3.05, 3.63) is 34.9 Å². The first-order chi connectivity index (χ1) is 8.60. The topological polar surface area (TPSA) is 0 Å². The summed E-state index contributed by atoms with van der Waals surface area (Å²) in [4.78, 5) is 0. The van der Waals surface area contributed by atoms with E-state index in [9.17, 15) is 0 Å². The molecular weight excluding hydrogens is 216 g/mol. The first kappa shape index (κ1) is 13.6. The van der Waals surface area contributed by atoms with Gasteiger partial charge < -0.3 is 0 Å². The SMILES string of the molecule is CC=C(CCC(C)=C(C)C)CC1CC2C=CC1C2. The van der Waals surface area contributed by atoms with Gasteiger partial charge in [-0.25, -0.2) is 0 Å². The largest absolute Gasteiger partial charge is 0.0884 e. The summed E-state index contributed by atoms with van der Waals surface area (Å²) in [6, 6.07) is 0. The maximum Gasteiger partial charge on any atom is -0.0196 e. The normalized spacial score (nSPS) is 30.0. The molecule has 0 aliphatic heterocycles. The van der Waals surface area contributed by atoms with E-state index in [1.165, 1.54) is 37.7 Å². The minimum Gasteiger partial charge on any atom is -0.0884 e. The fourth-order valence-corrected chi connectivity index (χ4v) is 3.43. The minimum absolute atomic E-state index is 0.898. The van der Waals surface area contributed by atoms with Gasteiger partial charge in [-0.1, -0.05) is 34.9 Å². The second-order valence-corrected chi connectivity index (χ2v) is 6.47. The summed E-state index contributed by atoms with van der Waals surface area (Å²) in [6.07, 6.45) is 14.0. The molecule has 0 aromatic heterocycles. The molecule has 1 fully saturated rings. The van der Waals surface area contributed by atoms with Crippen molar-refractivity contribution < 1.29 is 0 Å². The zero-order valence-electron chi connectivity index (χ0n) is 12.5. The molecule has 0 heteroatoms. The molecule has 0 spiro atoms. The van der Waals surface area contributed by atoms with Crippen LogP contribution in [-0.2, 0) is 0 Å². The summed E-state index contributed by atoms with van der Waals surface area (Å²) in [5, 5.41) is 0. The maximum absolute atomic E-state index is 2.48. The van der Waals surface area contributed by atoms with Crippen LogP contribution >= 0.6 is 0 Å². The van der Waals surface area contributed by atoms with Gasteiger partial charge in [0.25, 0.3) is 0 Å². The van der Waals surface area contributed by atoms with Crippen molar-refractivity contribution in [1.82, 2.24) is 0 Å². The van der Waals surface area contributed by atoms with Gasteiger partial charge in [-0.2, -0.15) is 0 Å². The molecule has 2 rings (SSSR count). The number of fused-ring (bicyclic) bond motifs is 2. The molecule has 0 amide bonds. The number of allylic oxidation sites excluding steroid dienone is 6. The Bertz CT molecular complexity index is 377. The lowest BCUT2D eigenvalue weighted by Gasteiger charge is -2.20. The van der Waals surface area contributed by atoms with Gasteiger partial charge in [0.05, 0.1) is 0 Å². The molecule has 0 aromatic rings. The van der Waals surface area contributed by atoms with Crippen LogP contribution in [0, 0.1) is 17.8 Å². The van der Waals surface area contributed by atoms with Crippen molar-refractivity contribution in [2.45, 2.75) is 59.8 Å². The van der Waals surface area contributed by atoms with Gasteiger partial charge in [-0.05, 0) is 77.6 Å². The van der Waals surface area contributed by atoms with Crippen molar-refractivity contribution >= 4 is 0 Å². The Morgan fingerprint density at radius 2 is 1.89 bits per heavy atom. The lowest BCUT2D eigenvalue weighted by molar-refractivity contribution is 0.438. The summed E-state index contributed by atoms with van der Waals surface area (Å²) in [5.74, 6) is 2.75. The van der Waals surface area contributed by atoms with Crippen molar-refractivity contribution in [1.29, 1.82) is 0 Å². The Morgan fingerprint density at radius 3 is 2.39 bits per heavy atom. The standard InChI is InChI=1S/C18H28/c1-5-15(7-6-14(4)13(2)3)10-18-12-16-8-9-17(18)11-16/h5,8-9,16-18H,6-7,10-12H2,1-4H3. The highest BCUT2D eigenvalue weighted by atomic mass is 14.4. The quantitative estimate of drug-likeness (QED) is 0.546. The zero-order chi connectivity index (χ0) is 13.1. The van der Waals surface area contributed by atoms with Crippen molar-refractivity contribution in [3.63, 3.8) is 0 Å². The first-order valence-electron chi connectivity index (χ1n) is 7.55. The summed E-state index contributed by atoms with van der Waals surface area (Å²) in [5.41, 5.74) is 4.75. The average molecular weight is 244 g/mol. The van der Waals surface area contributed by atoms with Gasteiger partial charge in [0.1, 0.15) is 0 Å². The van der Waals surface area contributed by atoms with Crippen molar-refractivity contribution in [3.8, 4) is 0 Å². The Morgan fingerprint density at radius 1 is 1.11 bits per heavy atom. The van der Waals surface area contributed by atoms with Gasteiger partial charge >= 0.3 is 0 Å². The van der Waals surface area contributed by atoms with Gasteiger partial charge in [0.15, 0.2) is 0 Å². The van der Waals surface area contributed by atoms with Crippen LogP contribution < -0.4 is 0 Å². The van der Waals surface area contributed by atoms with Gasteiger partial charge in [-0.15, -0.1) is 0 Å². The van der Waals surface area contributed by atoms with Crippen LogP contribution in [0.5, 0.6) is 0 Å². The molecule has 1 saturated carbocycles. The second-order valence-electron chi connectivity index (χ2n) is 6.47. The van der Waals surface area contributed by atoms with Crippen LogP contribution in [-0.4, -0.2) is 0 Å². The number of rotatable bonds is 5. The summed E-state index contributed by atoms with van der Waals surface area (Å²) < 4.78 is 0. The maximum atomic E-state index is 2.48. The third-order valence-corrected chi connectivity index (χ3v) is 5.02. The van der Waals surface area contributed by atoms with E-state index in [4.69, 9.17) is 0 Å². The van der Waals surface area contributed by atoms with Crippen LogP contribution in [0.1, 0.15) is 59.8 Å².